The van der Waals surface area contributed by atoms with Gasteiger partial charge in [-0.05, 0) is 46.0 Å². The van der Waals surface area contributed by atoms with Crippen molar-refractivity contribution in [3.05, 3.63) is 0 Å². The predicted octanol–water partition coefficient (Wildman–Crippen LogP) is 7.18. The molecule has 0 heterocycles. The summed E-state index contributed by atoms with van der Waals surface area (Å²) in [5, 5.41) is 5.54. The van der Waals surface area contributed by atoms with Crippen LogP contribution in [0.5, 0.6) is 0 Å². The molecule has 0 aliphatic heterocycles. The zero-order valence-corrected chi connectivity index (χ0v) is 22.1. The van der Waals surface area contributed by atoms with Gasteiger partial charge in [0.05, 0.1) is 0 Å². The third-order valence-corrected chi connectivity index (χ3v) is 12.1. The Morgan fingerprint density at radius 1 is 0.542 bits per heavy atom. The van der Waals surface area contributed by atoms with Crippen molar-refractivity contribution in [3.63, 3.8) is 0 Å². The van der Waals surface area contributed by atoms with Gasteiger partial charge in [0.2, 0.25) is 0 Å². The molecular weight excluding hydrogens is 417 g/mol. The molecule has 1 N–H and O–H groups in total. The minimum atomic E-state index is 0. The maximum absolute atomic E-state index is 3.77. The molecule has 1 nitrogen and oxygen atoms in total. The molecular formula is C20H49NP2Ru. The van der Waals surface area contributed by atoms with Crippen molar-refractivity contribution < 1.29 is 25.2 Å². The summed E-state index contributed by atoms with van der Waals surface area (Å²) in [5.41, 5.74) is 0. The van der Waals surface area contributed by atoms with Crippen molar-refractivity contribution in [2.24, 2.45) is 0 Å². The van der Waals surface area contributed by atoms with E-state index in [0.29, 0.717) is 20.6 Å². The summed E-state index contributed by atoms with van der Waals surface area (Å²) in [5.74, 6) is 0. The van der Waals surface area contributed by atoms with Gasteiger partial charge in [0.1, 0.15) is 0 Å². The molecule has 0 unspecified atom stereocenters. The molecule has 152 valence electrons. The standard InChI is InChI=1S/C20H45NP2.Ru.4H/c1-17(2,3)22(18(4,5)6)15-13-21-14-16-23(19(7,8)9)20(10,11)12;;;;;/h21H,13-16H2,1-12H3;;;;;/q;+4;4*-1. The Morgan fingerprint density at radius 2 is 0.750 bits per heavy atom. The number of hydrogen-bond acceptors (Lipinski definition) is 1. The summed E-state index contributed by atoms with van der Waals surface area (Å²) in [4.78, 5) is 0. The quantitative estimate of drug-likeness (QED) is 0.248. The number of hydrogen-bond donors (Lipinski definition) is 1. The van der Waals surface area contributed by atoms with Gasteiger partial charge in [-0.1, -0.05) is 98.9 Å². The van der Waals surface area contributed by atoms with E-state index < -0.39 is 0 Å². The molecule has 0 bridgehead atoms. The SMILES string of the molecule is CC(C)(C)P(CCNCCP(C(C)(C)C)C(C)(C)C)C(C)(C)C.[H-].[H-].[H-].[H-].[Ru+4]. The van der Waals surface area contributed by atoms with Crippen LogP contribution in [0.3, 0.4) is 0 Å². The van der Waals surface area contributed by atoms with Crippen LogP contribution in [-0.4, -0.2) is 46.0 Å². The average Bonchev–Trinajstić information content (AvgIpc) is 2.19. The molecule has 0 radical (unpaired) electrons. The van der Waals surface area contributed by atoms with Crippen molar-refractivity contribution in [3.8, 4) is 0 Å². The molecule has 0 aliphatic rings. The fourth-order valence-corrected chi connectivity index (χ4v) is 11.3. The summed E-state index contributed by atoms with van der Waals surface area (Å²) in [6, 6.07) is 0. The maximum atomic E-state index is 3.77. The third-order valence-electron chi connectivity index (χ3n) is 4.26. The topological polar surface area (TPSA) is 12.0 Å². The van der Waals surface area contributed by atoms with Crippen molar-refractivity contribution >= 4 is 15.8 Å². The van der Waals surface area contributed by atoms with E-state index in [4.69, 9.17) is 0 Å². The number of nitrogens with one attached hydrogen (secondary N) is 1. The van der Waals surface area contributed by atoms with Crippen LogP contribution in [0, 0.1) is 0 Å². The minimum absolute atomic E-state index is 0. The first-order valence-corrected chi connectivity index (χ1v) is 12.3. The van der Waals surface area contributed by atoms with Crippen LogP contribution in [0.2, 0.25) is 0 Å². The molecule has 0 rings (SSSR count). The molecule has 0 aromatic rings. The summed E-state index contributed by atoms with van der Waals surface area (Å²) in [7, 11) is 0.0459. The second-order valence-electron chi connectivity index (χ2n) is 10.7. The number of rotatable bonds is 6. The second kappa shape index (κ2) is 10.1. The van der Waals surface area contributed by atoms with Crippen LogP contribution >= 0.6 is 15.8 Å². The molecule has 0 saturated carbocycles. The third kappa shape index (κ3) is 10.6. The first kappa shape index (κ1) is 27.7. The first-order valence-electron chi connectivity index (χ1n) is 9.23. The predicted molar refractivity (Wildman–Crippen MR) is 120 cm³/mol. The maximum Gasteiger partial charge on any atom is 4.00 e. The van der Waals surface area contributed by atoms with Gasteiger partial charge in [-0.3, -0.25) is 0 Å². The Morgan fingerprint density at radius 3 is 0.917 bits per heavy atom. The Hall–Kier alpha value is 1.44. The molecule has 0 atom stereocenters. The van der Waals surface area contributed by atoms with Crippen LogP contribution in [-0.2, 0) is 19.5 Å². The summed E-state index contributed by atoms with van der Waals surface area (Å²) in [6.07, 6.45) is 2.68. The van der Waals surface area contributed by atoms with E-state index >= 15 is 0 Å². The minimum Gasteiger partial charge on any atom is -1.00 e. The van der Waals surface area contributed by atoms with E-state index in [1.165, 1.54) is 25.4 Å². The van der Waals surface area contributed by atoms with Crippen LogP contribution in [0.15, 0.2) is 0 Å². The molecule has 0 aromatic carbocycles. The monoisotopic (exact) mass is 467 g/mol. The van der Waals surface area contributed by atoms with Gasteiger partial charge in [0, 0.05) is 0 Å². The summed E-state index contributed by atoms with van der Waals surface area (Å²) >= 11 is 0. The van der Waals surface area contributed by atoms with Gasteiger partial charge in [-0.2, -0.15) is 0 Å². The van der Waals surface area contributed by atoms with Gasteiger partial charge < -0.3 is 11.0 Å². The molecule has 0 amide bonds. The van der Waals surface area contributed by atoms with Gasteiger partial charge >= 0.3 is 19.5 Å². The van der Waals surface area contributed by atoms with Gasteiger partial charge in [0.25, 0.3) is 0 Å². The Labute approximate surface area is 175 Å². The van der Waals surface area contributed by atoms with Gasteiger partial charge in [-0.15, -0.1) is 0 Å². The molecule has 0 saturated heterocycles. The van der Waals surface area contributed by atoms with Crippen LogP contribution in [0.25, 0.3) is 0 Å². The van der Waals surface area contributed by atoms with E-state index in [9.17, 15) is 0 Å². The first-order chi connectivity index (χ1) is 9.97. The van der Waals surface area contributed by atoms with E-state index in [1.54, 1.807) is 0 Å². The molecule has 0 spiro atoms. The largest absolute Gasteiger partial charge is 4.00 e. The van der Waals surface area contributed by atoms with Crippen molar-refractivity contribution in [2.75, 3.05) is 25.4 Å². The fourth-order valence-electron chi connectivity index (χ4n) is 3.86. The van der Waals surface area contributed by atoms with E-state index in [0.717, 1.165) is 0 Å². The van der Waals surface area contributed by atoms with Gasteiger partial charge in [-0.25, -0.2) is 0 Å². The van der Waals surface area contributed by atoms with E-state index in [-0.39, 0.29) is 41.0 Å². The second-order valence-corrected chi connectivity index (χ2v) is 18.7. The van der Waals surface area contributed by atoms with Crippen molar-refractivity contribution in [1.29, 1.82) is 0 Å². The Balaban J connectivity index is -0.000000242. The Kier molecular flexibility index (Phi) is 11.7. The van der Waals surface area contributed by atoms with E-state index in [2.05, 4.69) is 88.4 Å². The van der Waals surface area contributed by atoms with Crippen molar-refractivity contribution in [2.45, 2.75) is 104 Å². The summed E-state index contributed by atoms with van der Waals surface area (Å²) in [6.45, 7) is 31.4. The van der Waals surface area contributed by atoms with Crippen LogP contribution < -0.4 is 5.32 Å². The molecule has 0 aromatic heterocycles. The average molecular weight is 467 g/mol. The fraction of sp³-hybridized carbons (Fsp3) is 1.00. The zero-order valence-electron chi connectivity index (χ0n) is 22.6. The van der Waals surface area contributed by atoms with Crippen molar-refractivity contribution in [1.82, 2.24) is 5.32 Å². The molecule has 24 heavy (non-hydrogen) atoms. The Bertz CT molecular complexity index is 297. The molecule has 0 aliphatic carbocycles. The summed E-state index contributed by atoms with van der Waals surface area (Å²) < 4.78 is 0. The van der Waals surface area contributed by atoms with E-state index in [1.807, 2.05) is 0 Å². The zero-order chi connectivity index (χ0) is 18.7. The normalized spacial score (nSPS) is 14.2. The van der Waals surface area contributed by atoms with Gasteiger partial charge in [0.15, 0.2) is 0 Å². The molecule has 4 heteroatoms. The van der Waals surface area contributed by atoms with Crippen LogP contribution in [0.1, 0.15) is 88.8 Å². The van der Waals surface area contributed by atoms with Crippen LogP contribution in [0.4, 0.5) is 0 Å². The molecule has 0 fully saturated rings. The smallest absolute Gasteiger partial charge is 1.00 e.